The van der Waals surface area contributed by atoms with E-state index in [1.54, 1.807) is 6.92 Å². The Bertz CT molecular complexity index is 864. The van der Waals surface area contributed by atoms with Gasteiger partial charge in [-0.25, -0.2) is 4.99 Å². The Morgan fingerprint density at radius 3 is 2.40 bits per heavy atom. The van der Waals surface area contributed by atoms with Gasteiger partial charge < -0.3 is 25.1 Å². The van der Waals surface area contributed by atoms with Crippen molar-refractivity contribution in [1.82, 2.24) is 10.6 Å². The van der Waals surface area contributed by atoms with Crippen molar-refractivity contribution < 1.29 is 9.52 Å². The molecule has 7 heteroatoms. The van der Waals surface area contributed by atoms with Gasteiger partial charge in [0.1, 0.15) is 17.1 Å². The minimum Gasteiger partial charge on any atom is -0.466 e. The third kappa shape index (κ3) is 6.25. The maximum Gasteiger partial charge on any atom is 0.191 e. The molecule has 0 fully saturated rings. The first-order valence-corrected chi connectivity index (χ1v) is 10.2. The van der Waals surface area contributed by atoms with Gasteiger partial charge >= 0.3 is 0 Å². The van der Waals surface area contributed by atoms with Gasteiger partial charge in [-0.1, -0.05) is 24.3 Å². The average Bonchev–Trinajstić information content (AvgIpc) is 3.34. The Labute approximate surface area is 196 Å². The molecule has 3 N–H and O–H groups in total. The highest BCUT2D eigenvalue weighted by Crippen LogP contribution is 2.26. The molecule has 3 rings (SSSR count). The molecule has 1 atom stereocenters. The molecule has 0 radical (unpaired) electrons. The van der Waals surface area contributed by atoms with E-state index in [0.717, 1.165) is 42.3 Å². The number of furan rings is 1. The predicted octanol–water partition coefficient (Wildman–Crippen LogP) is 3.85. The zero-order chi connectivity index (χ0) is 20.9. The summed E-state index contributed by atoms with van der Waals surface area (Å²) in [6, 6.07) is 10.4. The normalized spacial score (nSPS) is 15.6. The number of nitrogens with zero attached hydrogens (tertiary/aromatic N) is 2. The molecule has 164 valence electrons. The van der Waals surface area contributed by atoms with E-state index < -0.39 is 5.60 Å². The van der Waals surface area contributed by atoms with Crippen molar-refractivity contribution in [1.29, 1.82) is 0 Å². The largest absolute Gasteiger partial charge is 0.466 e. The molecule has 2 aromatic rings. The molecule has 0 saturated carbocycles. The van der Waals surface area contributed by atoms with Gasteiger partial charge in [-0.3, -0.25) is 0 Å². The van der Waals surface area contributed by atoms with Crippen molar-refractivity contribution in [2.24, 2.45) is 4.99 Å². The lowest BCUT2D eigenvalue weighted by atomic mass is 9.96. The van der Waals surface area contributed by atoms with Crippen LogP contribution in [0.15, 0.2) is 51.9 Å². The Hall–Kier alpha value is -2.00. The highest BCUT2D eigenvalue weighted by molar-refractivity contribution is 14.0. The van der Waals surface area contributed by atoms with E-state index >= 15 is 0 Å². The van der Waals surface area contributed by atoms with Gasteiger partial charge in [0.2, 0.25) is 0 Å². The summed E-state index contributed by atoms with van der Waals surface area (Å²) in [7, 11) is 0. The average molecular weight is 524 g/mol. The molecule has 0 bridgehead atoms. The second kappa shape index (κ2) is 10.9. The van der Waals surface area contributed by atoms with Crippen LogP contribution in [-0.4, -0.2) is 37.2 Å². The maximum absolute atomic E-state index is 10.9. The first-order chi connectivity index (χ1) is 13.9. The third-order valence-electron chi connectivity index (χ3n) is 5.10. The number of aliphatic hydroxyl groups is 1. The molecule has 1 aromatic heterocycles. The Kier molecular flexibility index (Phi) is 8.78. The van der Waals surface area contributed by atoms with Crippen LogP contribution in [-0.2, 0) is 12.1 Å². The molecule has 30 heavy (non-hydrogen) atoms. The number of anilines is 1. The van der Waals surface area contributed by atoms with Crippen LogP contribution in [0.5, 0.6) is 0 Å². The maximum atomic E-state index is 10.9. The fourth-order valence-electron chi connectivity index (χ4n) is 3.53. The zero-order valence-corrected chi connectivity index (χ0v) is 20.6. The predicted molar refractivity (Wildman–Crippen MR) is 134 cm³/mol. The number of hydrogen-bond acceptors (Lipinski definition) is 4. The molecule has 0 amide bonds. The molecular formula is C23H33IN4O2. The summed E-state index contributed by atoms with van der Waals surface area (Å²) < 4.78 is 5.57. The van der Waals surface area contributed by atoms with Gasteiger partial charge in [-0.2, -0.15) is 0 Å². The van der Waals surface area contributed by atoms with Crippen LogP contribution in [0.25, 0.3) is 0 Å². The summed E-state index contributed by atoms with van der Waals surface area (Å²) in [6.07, 6.45) is 4.38. The number of aryl methyl sites for hydroxylation is 2. The standard InChI is InChI=1S/C23H32N4O2.HI/c1-5-24-22(26-16-23(4,28)21-14-17(2)29-18(21)3)25-15-19-8-10-20(11-9-19)27-12-6-7-13-27;/h6-11,14,28H,5,12-13,15-16H2,1-4H3,(H2,24,25,26);1H. The Morgan fingerprint density at radius 2 is 1.83 bits per heavy atom. The smallest absolute Gasteiger partial charge is 0.191 e. The Morgan fingerprint density at radius 1 is 1.17 bits per heavy atom. The molecule has 2 heterocycles. The minimum absolute atomic E-state index is 0. The van der Waals surface area contributed by atoms with Crippen molar-refractivity contribution in [2.45, 2.75) is 39.8 Å². The van der Waals surface area contributed by atoms with E-state index in [9.17, 15) is 5.11 Å². The second-order valence-electron chi connectivity index (χ2n) is 7.69. The second-order valence-corrected chi connectivity index (χ2v) is 7.69. The lowest BCUT2D eigenvalue weighted by molar-refractivity contribution is 0.0601. The lowest BCUT2D eigenvalue weighted by Gasteiger charge is -2.24. The van der Waals surface area contributed by atoms with Crippen LogP contribution in [0.3, 0.4) is 0 Å². The lowest BCUT2D eigenvalue weighted by Crippen LogP contribution is -2.44. The highest BCUT2D eigenvalue weighted by atomic mass is 127. The topological polar surface area (TPSA) is 73.0 Å². The van der Waals surface area contributed by atoms with Gasteiger partial charge in [-0.05, 0) is 51.5 Å². The fourth-order valence-corrected chi connectivity index (χ4v) is 3.53. The van der Waals surface area contributed by atoms with Crippen LogP contribution in [0.4, 0.5) is 5.69 Å². The van der Waals surface area contributed by atoms with Crippen molar-refractivity contribution in [3.05, 3.63) is 65.1 Å². The molecule has 1 aliphatic heterocycles. The third-order valence-corrected chi connectivity index (χ3v) is 5.10. The van der Waals surface area contributed by atoms with E-state index in [1.807, 2.05) is 26.8 Å². The van der Waals surface area contributed by atoms with Crippen LogP contribution < -0.4 is 15.5 Å². The monoisotopic (exact) mass is 524 g/mol. The molecular weight excluding hydrogens is 491 g/mol. The summed E-state index contributed by atoms with van der Waals surface area (Å²) in [6.45, 7) is 11.2. The quantitative estimate of drug-likeness (QED) is 0.222. The number of aliphatic imine (C=N–C) groups is 1. The van der Waals surface area contributed by atoms with Gasteiger partial charge in [0.05, 0.1) is 13.1 Å². The molecule has 6 nitrogen and oxygen atoms in total. The molecule has 0 spiro atoms. The molecule has 0 saturated heterocycles. The van der Waals surface area contributed by atoms with Crippen molar-refractivity contribution in [3.8, 4) is 0 Å². The van der Waals surface area contributed by atoms with E-state index in [-0.39, 0.29) is 24.0 Å². The first-order valence-electron chi connectivity index (χ1n) is 10.2. The number of benzene rings is 1. The number of nitrogens with one attached hydrogen (secondary N) is 2. The van der Waals surface area contributed by atoms with E-state index in [2.05, 4.69) is 56.9 Å². The van der Waals surface area contributed by atoms with Crippen molar-refractivity contribution in [2.75, 3.05) is 31.1 Å². The molecule has 1 aromatic carbocycles. The molecule has 1 unspecified atom stereocenters. The first kappa shape index (κ1) is 24.3. The minimum atomic E-state index is -1.05. The van der Waals surface area contributed by atoms with Crippen LogP contribution in [0.1, 0.15) is 36.5 Å². The van der Waals surface area contributed by atoms with E-state index in [0.29, 0.717) is 19.0 Å². The molecule has 0 aliphatic carbocycles. The van der Waals surface area contributed by atoms with Crippen LogP contribution in [0, 0.1) is 13.8 Å². The van der Waals surface area contributed by atoms with Crippen LogP contribution in [0.2, 0.25) is 0 Å². The summed E-state index contributed by atoms with van der Waals surface area (Å²) in [5, 5.41) is 17.4. The SMILES string of the molecule is CCNC(=NCc1ccc(N2CC=CC2)cc1)NCC(C)(O)c1cc(C)oc1C.I. The summed E-state index contributed by atoms with van der Waals surface area (Å²) >= 11 is 0. The number of guanidine groups is 1. The number of hydrogen-bond donors (Lipinski definition) is 3. The van der Waals surface area contributed by atoms with Crippen molar-refractivity contribution in [3.63, 3.8) is 0 Å². The summed E-state index contributed by atoms with van der Waals surface area (Å²) in [4.78, 5) is 6.99. The van der Waals surface area contributed by atoms with E-state index in [1.165, 1.54) is 5.69 Å². The van der Waals surface area contributed by atoms with E-state index in [4.69, 9.17) is 4.42 Å². The zero-order valence-electron chi connectivity index (χ0n) is 18.2. The Balaban J connectivity index is 0.00000320. The summed E-state index contributed by atoms with van der Waals surface area (Å²) in [5.41, 5.74) is 2.12. The fraction of sp³-hybridized carbons (Fsp3) is 0.435. The van der Waals surface area contributed by atoms with Crippen LogP contribution >= 0.6 is 24.0 Å². The van der Waals surface area contributed by atoms with Gasteiger partial charge in [0, 0.05) is 30.9 Å². The van der Waals surface area contributed by atoms with Gasteiger partial charge in [0.25, 0.3) is 0 Å². The van der Waals surface area contributed by atoms with Gasteiger partial charge in [-0.15, -0.1) is 24.0 Å². The number of rotatable bonds is 7. The number of halogens is 1. The summed E-state index contributed by atoms with van der Waals surface area (Å²) in [5.74, 6) is 2.22. The molecule has 1 aliphatic rings. The highest BCUT2D eigenvalue weighted by Gasteiger charge is 2.27. The van der Waals surface area contributed by atoms with Gasteiger partial charge in [0.15, 0.2) is 5.96 Å². The van der Waals surface area contributed by atoms with Crippen molar-refractivity contribution >= 4 is 35.6 Å².